The Morgan fingerprint density at radius 2 is 2.45 bits per heavy atom. The van der Waals surface area contributed by atoms with E-state index in [4.69, 9.17) is 5.11 Å². The van der Waals surface area contributed by atoms with Gasteiger partial charge in [0.1, 0.15) is 0 Å². The third-order valence-corrected chi connectivity index (χ3v) is 1.17. The van der Waals surface area contributed by atoms with Crippen LogP contribution in [0.15, 0.2) is 24.4 Å². The molecule has 0 saturated carbocycles. The predicted octanol–water partition coefficient (Wildman–Crippen LogP) is 1.23. The molecule has 1 N–H and O–H groups in total. The zero-order chi connectivity index (χ0) is 8.10. The second kappa shape index (κ2) is 3.83. The first-order valence-electron chi connectivity index (χ1n) is 3.22. The molecule has 0 radical (unpaired) electrons. The standard InChI is InChI=1S/C8H8FNO/c9-8-6-7(2-1-5-11)3-4-10-8/h1-4,6,11H,5H2. The fraction of sp³-hybridized carbons (Fsp3) is 0.125. The Kier molecular flexibility index (Phi) is 2.74. The minimum Gasteiger partial charge on any atom is -0.392 e. The molecule has 0 amide bonds. The number of aliphatic hydroxyl groups is 1. The maximum absolute atomic E-state index is 12.4. The SMILES string of the molecule is OCC=Cc1ccnc(F)c1. The van der Waals surface area contributed by atoms with Gasteiger partial charge in [0, 0.05) is 12.3 Å². The van der Waals surface area contributed by atoms with Crippen LogP contribution < -0.4 is 0 Å². The summed E-state index contributed by atoms with van der Waals surface area (Å²) in [6.07, 6.45) is 4.55. The highest BCUT2D eigenvalue weighted by Gasteiger charge is 1.89. The molecule has 0 saturated heterocycles. The number of aliphatic hydroxyl groups excluding tert-OH is 1. The number of nitrogens with zero attached hydrogens (tertiary/aromatic N) is 1. The molecule has 1 aromatic rings. The van der Waals surface area contributed by atoms with Crippen LogP contribution in [0.4, 0.5) is 4.39 Å². The molecule has 58 valence electrons. The molecule has 1 aromatic heterocycles. The Labute approximate surface area is 64.0 Å². The summed E-state index contributed by atoms with van der Waals surface area (Å²) < 4.78 is 12.4. The van der Waals surface area contributed by atoms with Gasteiger partial charge in [0.05, 0.1) is 6.61 Å². The van der Waals surface area contributed by atoms with Crippen LogP contribution in [0.3, 0.4) is 0 Å². The third-order valence-electron chi connectivity index (χ3n) is 1.17. The van der Waals surface area contributed by atoms with Crippen LogP contribution in [0, 0.1) is 5.95 Å². The lowest BCUT2D eigenvalue weighted by Crippen LogP contribution is -1.81. The lowest BCUT2D eigenvalue weighted by atomic mass is 10.2. The Hall–Kier alpha value is -1.22. The summed E-state index contributed by atoms with van der Waals surface area (Å²) in [6, 6.07) is 2.96. The molecular weight excluding hydrogens is 145 g/mol. The monoisotopic (exact) mass is 153 g/mol. The predicted molar refractivity (Wildman–Crippen MR) is 40.3 cm³/mol. The molecule has 2 nitrogen and oxygen atoms in total. The summed E-state index contributed by atoms with van der Waals surface area (Å²) in [5.74, 6) is -0.509. The molecule has 0 fully saturated rings. The van der Waals surface area contributed by atoms with E-state index in [0.29, 0.717) is 5.56 Å². The van der Waals surface area contributed by atoms with E-state index >= 15 is 0 Å². The van der Waals surface area contributed by atoms with Gasteiger partial charge in [0.2, 0.25) is 5.95 Å². The minimum absolute atomic E-state index is 0.0378. The van der Waals surface area contributed by atoms with Crippen LogP contribution >= 0.6 is 0 Å². The van der Waals surface area contributed by atoms with Gasteiger partial charge in [0.25, 0.3) is 0 Å². The topological polar surface area (TPSA) is 33.1 Å². The molecule has 3 heteroatoms. The van der Waals surface area contributed by atoms with E-state index in [-0.39, 0.29) is 6.61 Å². The van der Waals surface area contributed by atoms with Crippen molar-refractivity contribution in [3.63, 3.8) is 0 Å². The highest BCUT2D eigenvalue weighted by atomic mass is 19.1. The maximum Gasteiger partial charge on any atom is 0.213 e. The van der Waals surface area contributed by atoms with Crippen LogP contribution in [0.1, 0.15) is 5.56 Å². The second-order valence-corrected chi connectivity index (χ2v) is 2.00. The van der Waals surface area contributed by atoms with Gasteiger partial charge in [-0.1, -0.05) is 12.2 Å². The zero-order valence-corrected chi connectivity index (χ0v) is 5.87. The van der Waals surface area contributed by atoms with Gasteiger partial charge >= 0.3 is 0 Å². The minimum atomic E-state index is -0.509. The molecule has 0 bridgehead atoms. The first-order chi connectivity index (χ1) is 5.33. The van der Waals surface area contributed by atoms with Crippen molar-refractivity contribution in [2.24, 2.45) is 0 Å². The number of hydrogen-bond acceptors (Lipinski definition) is 2. The summed E-state index contributed by atoms with van der Waals surface area (Å²) in [7, 11) is 0. The quantitative estimate of drug-likeness (QED) is 0.648. The van der Waals surface area contributed by atoms with Crippen LogP contribution in [0.2, 0.25) is 0 Å². The highest BCUT2D eigenvalue weighted by molar-refractivity contribution is 5.47. The molecule has 0 unspecified atom stereocenters. The van der Waals surface area contributed by atoms with Crippen molar-refractivity contribution in [2.75, 3.05) is 6.61 Å². The first-order valence-corrected chi connectivity index (χ1v) is 3.22. The van der Waals surface area contributed by atoms with Crippen LogP contribution in [-0.4, -0.2) is 16.7 Å². The molecule has 1 rings (SSSR count). The van der Waals surface area contributed by atoms with Crippen molar-refractivity contribution in [3.05, 3.63) is 35.9 Å². The number of pyridine rings is 1. The van der Waals surface area contributed by atoms with Gasteiger partial charge in [-0.15, -0.1) is 0 Å². The van der Waals surface area contributed by atoms with Crippen molar-refractivity contribution in [3.8, 4) is 0 Å². The van der Waals surface area contributed by atoms with Crippen molar-refractivity contribution >= 4 is 6.08 Å². The van der Waals surface area contributed by atoms with E-state index in [2.05, 4.69) is 4.98 Å². The highest BCUT2D eigenvalue weighted by Crippen LogP contribution is 2.01. The molecular formula is C8H8FNO. The van der Waals surface area contributed by atoms with Crippen molar-refractivity contribution in [1.29, 1.82) is 0 Å². The van der Waals surface area contributed by atoms with Crippen LogP contribution in [0.5, 0.6) is 0 Å². The van der Waals surface area contributed by atoms with Gasteiger partial charge in [-0.25, -0.2) is 4.98 Å². The maximum atomic E-state index is 12.4. The van der Waals surface area contributed by atoms with Gasteiger partial charge in [-0.2, -0.15) is 4.39 Å². The number of hydrogen-bond donors (Lipinski definition) is 1. The molecule has 11 heavy (non-hydrogen) atoms. The Morgan fingerprint density at radius 3 is 3.09 bits per heavy atom. The summed E-state index contributed by atoms with van der Waals surface area (Å²) in [5.41, 5.74) is 0.701. The van der Waals surface area contributed by atoms with E-state index in [0.717, 1.165) is 0 Å². The normalized spacial score (nSPS) is 10.7. The first kappa shape index (κ1) is 7.88. The molecule has 1 heterocycles. The summed E-state index contributed by atoms with van der Waals surface area (Å²) in [5, 5.41) is 8.40. The van der Waals surface area contributed by atoms with E-state index in [9.17, 15) is 4.39 Å². The number of rotatable bonds is 2. The smallest absolute Gasteiger partial charge is 0.213 e. The van der Waals surface area contributed by atoms with E-state index < -0.39 is 5.95 Å². The molecule has 0 aromatic carbocycles. The van der Waals surface area contributed by atoms with Gasteiger partial charge in [-0.05, 0) is 11.6 Å². The average Bonchev–Trinajstić information content (AvgIpc) is 2.01. The summed E-state index contributed by atoms with van der Waals surface area (Å²) in [6.45, 7) is -0.0378. The summed E-state index contributed by atoms with van der Waals surface area (Å²) >= 11 is 0. The van der Waals surface area contributed by atoms with Crippen molar-refractivity contribution in [2.45, 2.75) is 0 Å². The van der Waals surface area contributed by atoms with Crippen LogP contribution in [0.25, 0.3) is 6.08 Å². The largest absolute Gasteiger partial charge is 0.392 e. The lowest BCUT2D eigenvalue weighted by Gasteiger charge is -1.90. The van der Waals surface area contributed by atoms with Crippen molar-refractivity contribution < 1.29 is 9.50 Å². The zero-order valence-electron chi connectivity index (χ0n) is 5.87. The fourth-order valence-electron chi connectivity index (χ4n) is 0.710. The Bertz CT molecular complexity index is 260. The summed E-state index contributed by atoms with van der Waals surface area (Å²) in [4.78, 5) is 3.38. The van der Waals surface area contributed by atoms with Crippen molar-refractivity contribution in [1.82, 2.24) is 4.98 Å². The fourth-order valence-corrected chi connectivity index (χ4v) is 0.710. The Morgan fingerprint density at radius 1 is 1.64 bits per heavy atom. The van der Waals surface area contributed by atoms with E-state index in [1.807, 2.05) is 0 Å². The molecule has 0 aliphatic carbocycles. The lowest BCUT2D eigenvalue weighted by molar-refractivity contribution is 0.343. The number of halogens is 1. The number of aromatic nitrogens is 1. The third kappa shape index (κ3) is 2.47. The molecule has 0 atom stereocenters. The van der Waals surface area contributed by atoms with E-state index in [1.165, 1.54) is 18.3 Å². The van der Waals surface area contributed by atoms with Gasteiger partial charge < -0.3 is 5.11 Å². The molecule has 0 spiro atoms. The van der Waals surface area contributed by atoms with Crippen LogP contribution in [-0.2, 0) is 0 Å². The van der Waals surface area contributed by atoms with Gasteiger partial charge in [0.15, 0.2) is 0 Å². The average molecular weight is 153 g/mol. The molecule has 0 aliphatic heterocycles. The second-order valence-electron chi connectivity index (χ2n) is 2.00. The Balaban J connectivity index is 2.79. The van der Waals surface area contributed by atoms with Gasteiger partial charge in [-0.3, -0.25) is 0 Å². The van der Waals surface area contributed by atoms with E-state index in [1.54, 1.807) is 12.1 Å². The molecule has 0 aliphatic rings.